The molecule has 160 valence electrons. The Morgan fingerprint density at radius 1 is 1.03 bits per heavy atom. The standard InChI is InChI=1S/C21H25N3O5S/c1-3-23-10-12-24(13-11-23)20-9-6-17(14-19(20)21(26)27)22-30(28,29)18-7-4-16(5-8-18)15(2)25/h4-9,14,22H,3,10-13H2,1-2H3,(H,26,27). The monoisotopic (exact) mass is 431 g/mol. The van der Waals surface area contributed by atoms with E-state index in [9.17, 15) is 23.1 Å². The smallest absolute Gasteiger partial charge is 0.337 e. The maximum absolute atomic E-state index is 12.7. The summed E-state index contributed by atoms with van der Waals surface area (Å²) in [6.45, 7) is 7.56. The number of nitrogens with zero attached hydrogens (tertiary/aromatic N) is 2. The van der Waals surface area contributed by atoms with Crippen molar-refractivity contribution in [2.75, 3.05) is 42.3 Å². The molecule has 3 rings (SSSR count). The van der Waals surface area contributed by atoms with E-state index in [1.165, 1.54) is 37.3 Å². The molecule has 9 heteroatoms. The largest absolute Gasteiger partial charge is 0.478 e. The van der Waals surface area contributed by atoms with Crippen LogP contribution in [0.3, 0.4) is 0 Å². The highest BCUT2D eigenvalue weighted by Gasteiger charge is 2.22. The molecule has 30 heavy (non-hydrogen) atoms. The Balaban J connectivity index is 1.83. The summed E-state index contributed by atoms with van der Waals surface area (Å²) in [5.41, 5.74) is 1.20. The number of carbonyl (C=O) groups excluding carboxylic acids is 1. The zero-order chi connectivity index (χ0) is 21.9. The first kappa shape index (κ1) is 21.8. The van der Waals surface area contributed by atoms with Crippen molar-refractivity contribution in [1.82, 2.24) is 4.90 Å². The summed E-state index contributed by atoms with van der Waals surface area (Å²) in [4.78, 5) is 27.5. The number of anilines is 2. The normalized spacial score (nSPS) is 15.1. The number of hydrogen-bond acceptors (Lipinski definition) is 6. The van der Waals surface area contributed by atoms with Crippen molar-refractivity contribution < 1.29 is 23.1 Å². The van der Waals surface area contributed by atoms with E-state index in [1.54, 1.807) is 12.1 Å². The number of hydrogen-bond donors (Lipinski definition) is 2. The fourth-order valence-corrected chi connectivity index (χ4v) is 4.48. The fraction of sp³-hybridized carbons (Fsp3) is 0.333. The van der Waals surface area contributed by atoms with Gasteiger partial charge in [0.05, 0.1) is 16.1 Å². The predicted molar refractivity (Wildman–Crippen MR) is 115 cm³/mol. The quantitative estimate of drug-likeness (QED) is 0.649. The number of aromatic carboxylic acids is 1. The number of nitrogens with one attached hydrogen (secondary N) is 1. The third kappa shape index (κ3) is 4.80. The van der Waals surface area contributed by atoms with Gasteiger partial charge in [-0.15, -0.1) is 0 Å². The average molecular weight is 432 g/mol. The van der Waals surface area contributed by atoms with Crippen LogP contribution in [0.25, 0.3) is 0 Å². The third-order valence-electron chi connectivity index (χ3n) is 5.21. The highest BCUT2D eigenvalue weighted by Crippen LogP contribution is 2.27. The van der Waals surface area contributed by atoms with Crippen molar-refractivity contribution in [2.24, 2.45) is 0 Å². The Kier molecular flexibility index (Phi) is 6.42. The molecule has 8 nitrogen and oxygen atoms in total. The molecule has 1 aliphatic rings. The zero-order valence-electron chi connectivity index (χ0n) is 17.0. The van der Waals surface area contributed by atoms with E-state index in [0.29, 0.717) is 24.3 Å². The Bertz CT molecular complexity index is 1040. The predicted octanol–water partition coefficient (Wildman–Crippen LogP) is 2.53. The van der Waals surface area contributed by atoms with Gasteiger partial charge >= 0.3 is 5.97 Å². The molecule has 0 spiro atoms. The van der Waals surface area contributed by atoms with E-state index in [-0.39, 0.29) is 21.9 Å². The van der Waals surface area contributed by atoms with Crippen LogP contribution in [0.4, 0.5) is 11.4 Å². The van der Waals surface area contributed by atoms with Gasteiger partial charge in [-0.1, -0.05) is 19.1 Å². The average Bonchev–Trinajstić information content (AvgIpc) is 2.73. The van der Waals surface area contributed by atoms with Gasteiger partial charge < -0.3 is 14.9 Å². The van der Waals surface area contributed by atoms with Crippen molar-refractivity contribution in [3.8, 4) is 0 Å². The van der Waals surface area contributed by atoms with Crippen LogP contribution < -0.4 is 9.62 Å². The minimum absolute atomic E-state index is 0.0101. The number of piperazine rings is 1. The minimum Gasteiger partial charge on any atom is -0.478 e. The van der Waals surface area contributed by atoms with Gasteiger partial charge in [-0.05, 0) is 43.8 Å². The number of carboxylic acids is 1. The van der Waals surface area contributed by atoms with Gasteiger partial charge in [0, 0.05) is 37.4 Å². The number of likely N-dealkylation sites (N-methyl/N-ethyl adjacent to an activating group) is 1. The summed E-state index contributed by atoms with van der Waals surface area (Å²) in [5, 5.41) is 9.67. The highest BCUT2D eigenvalue weighted by atomic mass is 32.2. The summed E-state index contributed by atoms with van der Waals surface area (Å²) in [6, 6.07) is 10.1. The van der Waals surface area contributed by atoms with Gasteiger partial charge in [-0.3, -0.25) is 9.52 Å². The summed E-state index contributed by atoms with van der Waals surface area (Å²) < 4.78 is 27.7. The van der Waals surface area contributed by atoms with Crippen LogP contribution in [0.5, 0.6) is 0 Å². The maximum Gasteiger partial charge on any atom is 0.337 e. The second-order valence-electron chi connectivity index (χ2n) is 7.14. The lowest BCUT2D eigenvalue weighted by molar-refractivity contribution is 0.0697. The first-order valence-corrected chi connectivity index (χ1v) is 11.2. The second-order valence-corrected chi connectivity index (χ2v) is 8.83. The van der Waals surface area contributed by atoms with Gasteiger partial charge in [0.25, 0.3) is 10.0 Å². The molecule has 0 bridgehead atoms. The van der Waals surface area contributed by atoms with Crippen LogP contribution in [0.1, 0.15) is 34.6 Å². The van der Waals surface area contributed by atoms with E-state index in [0.717, 1.165) is 19.6 Å². The zero-order valence-corrected chi connectivity index (χ0v) is 17.8. The number of sulfonamides is 1. The van der Waals surface area contributed by atoms with Crippen molar-refractivity contribution in [3.63, 3.8) is 0 Å². The number of carboxylic acid groups (broad SMARTS) is 1. The minimum atomic E-state index is -3.92. The maximum atomic E-state index is 12.7. The molecule has 0 radical (unpaired) electrons. The molecule has 1 saturated heterocycles. The van der Waals surface area contributed by atoms with Gasteiger partial charge in [0.1, 0.15) is 0 Å². The molecule has 2 aromatic rings. The van der Waals surface area contributed by atoms with E-state index in [4.69, 9.17) is 0 Å². The van der Waals surface area contributed by atoms with E-state index < -0.39 is 16.0 Å². The van der Waals surface area contributed by atoms with E-state index in [2.05, 4.69) is 16.5 Å². The van der Waals surface area contributed by atoms with Gasteiger partial charge in [0.2, 0.25) is 0 Å². The van der Waals surface area contributed by atoms with Crippen LogP contribution >= 0.6 is 0 Å². The number of Topliss-reactive ketones (excluding diaryl/α,β-unsaturated/α-hetero) is 1. The molecule has 0 atom stereocenters. The fourth-order valence-electron chi connectivity index (χ4n) is 3.43. The lowest BCUT2D eigenvalue weighted by Gasteiger charge is -2.36. The molecule has 2 N–H and O–H groups in total. The molecule has 0 unspecified atom stereocenters. The van der Waals surface area contributed by atoms with Crippen molar-refractivity contribution in [3.05, 3.63) is 53.6 Å². The molecule has 0 amide bonds. The first-order valence-electron chi connectivity index (χ1n) is 9.69. The number of benzene rings is 2. The van der Waals surface area contributed by atoms with E-state index in [1.807, 2.05) is 4.90 Å². The molecule has 1 fully saturated rings. The Morgan fingerprint density at radius 3 is 2.20 bits per heavy atom. The molecule has 0 saturated carbocycles. The highest BCUT2D eigenvalue weighted by molar-refractivity contribution is 7.92. The molecule has 2 aromatic carbocycles. The third-order valence-corrected chi connectivity index (χ3v) is 6.61. The van der Waals surface area contributed by atoms with Crippen molar-refractivity contribution >= 4 is 33.2 Å². The number of carbonyl (C=O) groups is 2. The molecule has 1 heterocycles. The van der Waals surface area contributed by atoms with Crippen LogP contribution in [0, 0.1) is 0 Å². The van der Waals surface area contributed by atoms with Crippen LogP contribution in [0.15, 0.2) is 47.4 Å². The topological polar surface area (TPSA) is 107 Å². The first-order chi connectivity index (χ1) is 14.2. The van der Waals surface area contributed by atoms with Crippen molar-refractivity contribution in [1.29, 1.82) is 0 Å². The Labute approximate surface area is 176 Å². The molecular formula is C21H25N3O5S. The molecule has 1 aliphatic heterocycles. The van der Waals surface area contributed by atoms with Gasteiger partial charge in [-0.25, -0.2) is 13.2 Å². The van der Waals surface area contributed by atoms with Gasteiger partial charge in [0.15, 0.2) is 5.78 Å². The SMILES string of the molecule is CCN1CCN(c2ccc(NS(=O)(=O)c3ccc(C(C)=O)cc3)cc2C(=O)O)CC1. The molecule has 0 aliphatic carbocycles. The van der Waals surface area contributed by atoms with Gasteiger partial charge in [-0.2, -0.15) is 0 Å². The Hall–Kier alpha value is -2.91. The number of ketones is 1. The Morgan fingerprint density at radius 2 is 1.67 bits per heavy atom. The van der Waals surface area contributed by atoms with Crippen molar-refractivity contribution in [2.45, 2.75) is 18.7 Å². The van der Waals surface area contributed by atoms with E-state index >= 15 is 0 Å². The lowest BCUT2D eigenvalue weighted by atomic mass is 10.1. The summed E-state index contributed by atoms with van der Waals surface area (Å²) in [7, 11) is -3.92. The number of rotatable bonds is 7. The summed E-state index contributed by atoms with van der Waals surface area (Å²) in [5.74, 6) is -1.27. The summed E-state index contributed by atoms with van der Waals surface area (Å²) >= 11 is 0. The lowest BCUT2D eigenvalue weighted by Crippen LogP contribution is -2.46. The van der Waals surface area contributed by atoms with Crippen LogP contribution in [0.2, 0.25) is 0 Å². The summed E-state index contributed by atoms with van der Waals surface area (Å²) in [6.07, 6.45) is 0. The molecule has 0 aromatic heterocycles. The second kappa shape index (κ2) is 8.85. The molecular weight excluding hydrogens is 406 g/mol. The van der Waals surface area contributed by atoms with Crippen LogP contribution in [-0.4, -0.2) is 62.9 Å². The van der Waals surface area contributed by atoms with Crippen LogP contribution in [-0.2, 0) is 10.0 Å².